The molecule has 3 N–H and O–H groups in total. The van der Waals surface area contributed by atoms with Crippen LogP contribution in [-0.2, 0) is 6.42 Å². The highest BCUT2D eigenvalue weighted by atomic mass is 79.9. The summed E-state index contributed by atoms with van der Waals surface area (Å²) in [6, 6.07) is 6.07. The maximum Gasteiger partial charge on any atom is 0.148 e. The third kappa shape index (κ3) is 3.48. The van der Waals surface area contributed by atoms with Crippen molar-refractivity contribution in [3.8, 4) is 0 Å². The fourth-order valence-electron chi connectivity index (χ4n) is 1.63. The monoisotopic (exact) mass is 336 g/mol. The van der Waals surface area contributed by atoms with Crippen LogP contribution >= 0.6 is 28.1 Å². The lowest BCUT2D eigenvalue weighted by atomic mass is 10.1. The fourth-order valence-corrected chi connectivity index (χ4v) is 2.15. The SMILES string of the molecule is CCc1cc(Br)ccc1Nc1cnc(C(N)=S)cn1. The summed E-state index contributed by atoms with van der Waals surface area (Å²) in [6.45, 7) is 2.11. The molecule has 1 heterocycles. The average molecular weight is 337 g/mol. The lowest BCUT2D eigenvalue weighted by Crippen LogP contribution is -2.12. The quantitative estimate of drug-likeness (QED) is 0.839. The first-order valence-electron chi connectivity index (χ1n) is 5.77. The molecule has 2 rings (SSSR count). The highest BCUT2D eigenvalue weighted by Crippen LogP contribution is 2.23. The Balaban J connectivity index is 2.23. The minimum atomic E-state index is 0.247. The van der Waals surface area contributed by atoms with Crippen LogP contribution in [0, 0.1) is 0 Å². The van der Waals surface area contributed by atoms with Crippen LogP contribution in [0.1, 0.15) is 18.2 Å². The number of aromatic nitrogens is 2. The van der Waals surface area contributed by atoms with Gasteiger partial charge in [0, 0.05) is 10.2 Å². The zero-order valence-electron chi connectivity index (χ0n) is 10.4. The summed E-state index contributed by atoms with van der Waals surface area (Å²) in [7, 11) is 0. The number of nitrogens with zero attached hydrogens (tertiary/aromatic N) is 2. The maximum atomic E-state index is 5.48. The van der Waals surface area contributed by atoms with Gasteiger partial charge in [-0.15, -0.1) is 0 Å². The second kappa shape index (κ2) is 6.08. The minimum absolute atomic E-state index is 0.247. The second-order valence-corrected chi connectivity index (χ2v) is 5.29. The average Bonchev–Trinajstić information content (AvgIpc) is 2.41. The molecule has 0 saturated heterocycles. The van der Waals surface area contributed by atoms with Gasteiger partial charge in [-0.3, -0.25) is 0 Å². The number of thiocarbonyl (C=S) groups is 1. The summed E-state index contributed by atoms with van der Waals surface area (Å²) >= 11 is 8.30. The zero-order valence-corrected chi connectivity index (χ0v) is 12.8. The molecule has 0 aliphatic rings. The largest absolute Gasteiger partial charge is 0.388 e. The molecule has 19 heavy (non-hydrogen) atoms. The molecular weight excluding hydrogens is 324 g/mol. The van der Waals surface area contributed by atoms with E-state index in [1.807, 2.05) is 12.1 Å². The molecule has 4 nitrogen and oxygen atoms in total. The summed E-state index contributed by atoms with van der Waals surface area (Å²) in [5, 5.41) is 3.24. The van der Waals surface area contributed by atoms with Gasteiger partial charge in [-0.2, -0.15) is 0 Å². The van der Waals surface area contributed by atoms with E-state index >= 15 is 0 Å². The van der Waals surface area contributed by atoms with E-state index in [0.717, 1.165) is 16.6 Å². The summed E-state index contributed by atoms with van der Waals surface area (Å²) < 4.78 is 1.06. The van der Waals surface area contributed by atoms with Crippen molar-refractivity contribution in [3.63, 3.8) is 0 Å². The van der Waals surface area contributed by atoms with Crippen molar-refractivity contribution in [2.75, 3.05) is 5.32 Å². The number of benzene rings is 1. The first-order valence-corrected chi connectivity index (χ1v) is 6.97. The molecule has 98 valence electrons. The predicted molar refractivity (Wildman–Crippen MR) is 84.7 cm³/mol. The predicted octanol–water partition coefficient (Wildman–Crippen LogP) is 3.18. The number of nitrogens with two attached hydrogens (primary N) is 1. The first-order chi connectivity index (χ1) is 9.10. The van der Waals surface area contributed by atoms with E-state index in [1.165, 1.54) is 5.56 Å². The highest BCUT2D eigenvalue weighted by Gasteiger charge is 2.04. The summed E-state index contributed by atoms with van der Waals surface area (Å²) in [5.41, 5.74) is 8.22. The van der Waals surface area contributed by atoms with E-state index in [-0.39, 0.29) is 4.99 Å². The normalized spacial score (nSPS) is 10.2. The van der Waals surface area contributed by atoms with E-state index < -0.39 is 0 Å². The number of nitrogens with one attached hydrogen (secondary N) is 1. The Labute approximate surface area is 125 Å². The fraction of sp³-hybridized carbons (Fsp3) is 0.154. The van der Waals surface area contributed by atoms with E-state index in [0.29, 0.717) is 11.5 Å². The summed E-state index contributed by atoms with van der Waals surface area (Å²) in [5.74, 6) is 0.664. The van der Waals surface area contributed by atoms with Gasteiger partial charge in [-0.25, -0.2) is 9.97 Å². The van der Waals surface area contributed by atoms with E-state index in [9.17, 15) is 0 Å². The van der Waals surface area contributed by atoms with Crippen molar-refractivity contribution >= 4 is 44.6 Å². The lowest BCUT2D eigenvalue weighted by Gasteiger charge is -2.10. The molecule has 1 aromatic heterocycles. The van der Waals surface area contributed by atoms with Crippen LogP contribution in [0.2, 0.25) is 0 Å². The molecule has 0 aliphatic heterocycles. The van der Waals surface area contributed by atoms with Crippen LogP contribution in [-0.4, -0.2) is 15.0 Å². The molecule has 6 heteroatoms. The molecule has 0 unspecified atom stereocenters. The molecule has 1 aromatic carbocycles. The summed E-state index contributed by atoms with van der Waals surface area (Å²) in [4.78, 5) is 8.63. The van der Waals surface area contributed by atoms with Gasteiger partial charge < -0.3 is 11.1 Å². The number of anilines is 2. The van der Waals surface area contributed by atoms with Gasteiger partial charge in [0.05, 0.1) is 12.4 Å². The van der Waals surface area contributed by atoms with Gasteiger partial charge in [0.15, 0.2) is 0 Å². The lowest BCUT2D eigenvalue weighted by molar-refractivity contribution is 1.13. The maximum absolute atomic E-state index is 5.48. The molecule has 0 fully saturated rings. The number of aryl methyl sites for hydroxylation is 1. The van der Waals surface area contributed by atoms with Crippen LogP contribution in [0.15, 0.2) is 35.1 Å². The molecule has 0 spiro atoms. The molecule has 0 amide bonds. The Morgan fingerprint density at radius 3 is 2.74 bits per heavy atom. The van der Waals surface area contributed by atoms with Crippen molar-refractivity contribution in [1.82, 2.24) is 9.97 Å². The molecule has 0 bridgehead atoms. The highest BCUT2D eigenvalue weighted by molar-refractivity contribution is 9.10. The van der Waals surface area contributed by atoms with Gasteiger partial charge in [0.1, 0.15) is 16.5 Å². The number of rotatable bonds is 4. The Hall–Kier alpha value is -1.53. The van der Waals surface area contributed by atoms with Crippen molar-refractivity contribution in [2.45, 2.75) is 13.3 Å². The van der Waals surface area contributed by atoms with Crippen molar-refractivity contribution in [3.05, 3.63) is 46.3 Å². The Kier molecular flexibility index (Phi) is 4.44. The van der Waals surface area contributed by atoms with Gasteiger partial charge in [-0.05, 0) is 30.2 Å². The third-order valence-corrected chi connectivity index (χ3v) is 3.32. The Bertz CT molecular complexity index is 598. The van der Waals surface area contributed by atoms with Crippen LogP contribution < -0.4 is 11.1 Å². The molecule has 0 aliphatic carbocycles. The van der Waals surface area contributed by atoms with Gasteiger partial charge >= 0.3 is 0 Å². The molecule has 0 radical (unpaired) electrons. The van der Waals surface area contributed by atoms with Crippen molar-refractivity contribution < 1.29 is 0 Å². The van der Waals surface area contributed by atoms with Crippen LogP contribution in [0.25, 0.3) is 0 Å². The van der Waals surface area contributed by atoms with Crippen molar-refractivity contribution in [2.24, 2.45) is 5.73 Å². The smallest absolute Gasteiger partial charge is 0.148 e. The van der Waals surface area contributed by atoms with Crippen molar-refractivity contribution in [1.29, 1.82) is 0 Å². The zero-order chi connectivity index (χ0) is 13.8. The van der Waals surface area contributed by atoms with Crippen LogP contribution in [0.4, 0.5) is 11.5 Å². The third-order valence-electron chi connectivity index (χ3n) is 2.62. The first kappa shape index (κ1) is 13.9. The molecule has 0 atom stereocenters. The van der Waals surface area contributed by atoms with E-state index in [4.69, 9.17) is 18.0 Å². The topological polar surface area (TPSA) is 63.8 Å². The van der Waals surface area contributed by atoms with Gasteiger partial charge in [0.2, 0.25) is 0 Å². The molecule has 0 saturated carbocycles. The van der Waals surface area contributed by atoms with Gasteiger partial charge in [-0.1, -0.05) is 35.1 Å². The number of hydrogen-bond acceptors (Lipinski definition) is 4. The number of halogens is 1. The van der Waals surface area contributed by atoms with E-state index in [1.54, 1.807) is 12.4 Å². The van der Waals surface area contributed by atoms with Gasteiger partial charge in [0.25, 0.3) is 0 Å². The molecule has 2 aromatic rings. The van der Waals surface area contributed by atoms with E-state index in [2.05, 4.69) is 44.2 Å². The Morgan fingerprint density at radius 2 is 2.16 bits per heavy atom. The molecular formula is C13H13BrN4S. The minimum Gasteiger partial charge on any atom is -0.388 e. The summed E-state index contributed by atoms with van der Waals surface area (Å²) in [6.07, 6.45) is 4.12. The Morgan fingerprint density at radius 1 is 1.37 bits per heavy atom. The standard InChI is InChI=1S/C13H13BrN4S/c1-2-8-5-9(14)3-4-10(8)18-12-7-16-11(6-17-12)13(15)19/h3-7H,2H2,1H3,(H2,15,19)(H,17,18). The van der Waals surface area contributed by atoms with Crippen LogP contribution in [0.5, 0.6) is 0 Å². The second-order valence-electron chi connectivity index (χ2n) is 3.93. The number of hydrogen-bond donors (Lipinski definition) is 2. The van der Waals surface area contributed by atoms with Crippen LogP contribution in [0.3, 0.4) is 0 Å².